The molecule has 0 unspecified atom stereocenters. The monoisotopic (exact) mass is 390 g/mol. The molecule has 142 valence electrons. The molecule has 0 saturated heterocycles. The van der Waals surface area contributed by atoms with E-state index in [-0.39, 0.29) is 0 Å². The maximum atomic E-state index is 6.18. The van der Waals surface area contributed by atoms with E-state index in [0.29, 0.717) is 10.7 Å². The van der Waals surface area contributed by atoms with Crippen LogP contribution in [0.3, 0.4) is 0 Å². The second-order valence-electron chi connectivity index (χ2n) is 6.16. The van der Waals surface area contributed by atoms with Crippen LogP contribution in [-0.2, 0) is 0 Å². The molecule has 0 aliphatic carbocycles. The summed E-state index contributed by atoms with van der Waals surface area (Å²) < 4.78 is 5.92. The summed E-state index contributed by atoms with van der Waals surface area (Å²) in [5.41, 5.74) is 15.9. The maximum Gasteiger partial charge on any atom is 0.141 e. The third-order valence-electron chi connectivity index (χ3n) is 4.24. The van der Waals surface area contributed by atoms with Crippen LogP contribution in [0.2, 0.25) is 0 Å². The third kappa shape index (κ3) is 4.02. The Hall–Kier alpha value is -3.25. The number of benzene rings is 2. The van der Waals surface area contributed by atoms with Crippen molar-refractivity contribution in [2.75, 3.05) is 12.8 Å². The Morgan fingerprint density at radius 2 is 1.82 bits per heavy atom. The Bertz CT molecular complexity index is 1180. The highest BCUT2D eigenvalue weighted by molar-refractivity contribution is 7.85. The second-order valence-corrected chi connectivity index (χ2v) is 6.67. The molecule has 0 fully saturated rings. The first-order chi connectivity index (χ1) is 13.5. The Morgan fingerprint density at radius 1 is 1.11 bits per heavy atom. The van der Waals surface area contributed by atoms with Crippen molar-refractivity contribution in [2.24, 2.45) is 10.7 Å². The van der Waals surface area contributed by atoms with Gasteiger partial charge in [0.05, 0.1) is 11.1 Å². The molecule has 0 spiro atoms. The van der Waals surface area contributed by atoms with Crippen molar-refractivity contribution in [1.29, 1.82) is 0 Å². The van der Waals surface area contributed by atoms with E-state index < -0.39 is 0 Å². The first-order valence-corrected chi connectivity index (χ1v) is 9.16. The summed E-state index contributed by atoms with van der Waals surface area (Å²) in [5, 5.41) is 1.90. The lowest BCUT2D eigenvalue weighted by molar-refractivity contribution is 0.669. The zero-order chi connectivity index (χ0) is 20.1. The highest BCUT2D eigenvalue weighted by atomic mass is 32.1. The lowest BCUT2D eigenvalue weighted by Crippen LogP contribution is -1.94. The highest BCUT2D eigenvalue weighted by Gasteiger charge is 2.13. The molecular weight excluding hydrogens is 368 g/mol. The molecule has 0 atom stereocenters. The summed E-state index contributed by atoms with van der Waals surface area (Å²) in [6.45, 7) is 2.07. The molecule has 0 aliphatic rings. The summed E-state index contributed by atoms with van der Waals surface area (Å²) >= 11 is 3.90. The van der Waals surface area contributed by atoms with Crippen molar-refractivity contribution in [2.45, 2.75) is 6.92 Å². The van der Waals surface area contributed by atoms with E-state index in [4.69, 9.17) is 15.9 Å². The summed E-state index contributed by atoms with van der Waals surface area (Å²) in [4.78, 5) is 8.91. The molecule has 0 aliphatic heterocycles. The average molecular weight is 391 g/mol. The number of nitrogen functional groups attached to an aromatic ring is 1. The van der Waals surface area contributed by atoms with E-state index in [0.717, 1.165) is 33.2 Å². The number of hydrogen-bond acceptors (Lipinski definition) is 6. The van der Waals surface area contributed by atoms with Crippen LogP contribution >= 0.6 is 12.6 Å². The number of aryl methyl sites for hydroxylation is 1. The quantitative estimate of drug-likeness (QED) is 0.333. The smallest absolute Gasteiger partial charge is 0.141 e. The lowest BCUT2D eigenvalue weighted by atomic mass is 10.0. The standard InChI is InChI=1S/C18H14N2O.C4H8N2S/c1-11-6-2-3-7-12(11)14-10-16-17(18(19)20-14)13-8-4-5-9-15(13)21-16;1-6-3-4(7)2-5/h2-10H,1H3,(H2,19,20);2-3,7H,5H2,1H3/b;4-2+,6-3?. The number of furan rings is 1. The Balaban J connectivity index is 0.000000279. The topological polar surface area (TPSA) is 90.4 Å². The van der Waals surface area contributed by atoms with Crippen LogP contribution in [0.5, 0.6) is 0 Å². The first-order valence-electron chi connectivity index (χ1n) is 8.72. The number of anilines is 1. The largest absolute Gasteiger partial charge is 0.456 e. The van der Waals surface area contributed by atoms with Gasteiger partial charge in [0.2, 0.25) is 0 Å². The number of aliphatic imine (C=N–C) groups is 1. The van der Waals surface area contributed by atoms with Gasteiger partial charge in [-0.15, -0.1) is 12.6 Å². The third-order valence-corrected chi connectivity index (χ3v) is 4.51. The van der Waals surface area contributed by atoms with Crippen molar-refractivity contribution in [1.82, 2.24) is 4.98 Å². The Kier molecular flexibility index (Phi) is 6.01. The molecular formula is C22H22N4OS. The van der Waals surface area contributed by atoms with Crippen LogP contribution in [0.1, 0.15) is 5.56 Å². The van der Waals surface area contributed by atoms with Gasteiger partial charge in [-0.25, -0.2) is 4.98 Å². The number of hydrogen-bond donors (Lipinski definition) is 3. The van der Waals surface area contributed by atoms with Gasteiger partial charge in [0.1, 0.15) is 17.0 Å². The minimum absolute atomic E-state index is 0.510. The molecule has 0 radical (unpaired) electrons. The van der Waals surface area contributed by atoms with E-state index in [2.05, 4.69) is 35.6 Å². The number of rotatable bonds is 2. The molecule has 5 nitrogen and oxygen atoms in total. The van der Waals surface area contributed by atoms with Gasteiger partial charge >= 0.3 is 0 Å². The van der Waals surface area contributed by atoms with Gasteiger partial charge in [-0.3, -0.25) is 4.99 Å². The number of pyridine rings is 1. The summed E-state index contributed by atoms with van der Waals surface area (Å²) in [5.74, 6) is 0.510. The fourth-order valence-corrected chi connectivity index (χ4v) is 3.06. The Morgan fingerprint density at radius 3 is 2.50 bits per heavy atom. The van der Waals surface area contributed by atoms with Crippen molar-refractivity contribution in [3.8, 4) is 11.3 Å². The summed E-state index contributed by atoms with van der Waals surface area (Å²) in [6.07, 6.45) is 2.96. The van der Waals surface area contributed by atoms with E-state index in [9.17, 15) is 0 Å². The first kappa shape index (κ1) is 19.5. The number of nitrogens with two attached hydrogens (primary N) is 2. The van der Waals surface area contributed by atoms with Crippen molar-refractivity contribution in [3.05, 3.63) is 71.3 Å². The molecule has 0 saturated carbocycles. The van der Waals surface area contributed by atoms with Crippen molar-refractivity contribution < 1.29 is 4.42 Å². The Labute approximate surface area is 169 Å². The number of aromatic nitrogens is 1. The zero-order valence-corrected chi connectivity index (χ0v) is 16.6. The molecule has 2 heterocycles. The van der Waals surface area contributed by atoms with E-state index >= 15 is 0 Å². The van der Waals surface area contributed by atoms with E-state index in [1.54, 1.807) is 13.3 Å². The van der Waals surface area contributed by atoms with Gasteiger partial charge in [0, 0.05) is 41.4 Å². The van der Waals surface area contributed by atoms with Gasteiger partial charge in [0.25, 0.3) is 0 Å². The summed E-state index contributed by atoms with van der Waals surface area (Å²) in [7, 11) is 1.67. The van der Waals surface area contributed by atoms with Gasteiger partial charge in [-0.1, -0.05) is 42.5 Å². The average Bonchev–Trinajstić information content (AvgIpc) is 3.08. The maximum absolute atomic E-state index is 6.18. The molecule has 2 aromatic carbocycles. The zero-order valence-electron chi connectivity index (χ0n) is 15.8. The molecule has 28 heavy (non-hydrogen) atoms. The molecule has 0 bridgehead atoms. The molecule has 0 amide bonds. The lowest BCUT2D eigenvalue weighted by Gasteiger charge is -2.06. The van der Waals surface area contributed by atoms with Gasteiger partial charge in [-0.05, 0) is 18.6 Å². The van der Waals surface area contributed by atoms with Gasteiger partial charge in [-0.2, -0.15) is 0 Å². The predicted octanol–water partition coefficient (Wildman–Crippen LogP) is 4.96. The molecule has 6 heteroatoms. The summed E-state index contributed by atoms with van der Waals surface area (Å²) in [6, 6.07) is 18.0. The number of thiol groups is 1. The molecule has 4 aromatic rings. The highest BCUT2D eigenvalue weighted by Crippen LogP contribution is 2.34. The van der Waals surface area contributed by atoms with Crippen LogP contribution in [0.15, 0.2) is 75.1 Å². The van der Waals surface area contributed by atoms with Crippen LogP contribution in [-0.4, -0.2) is 18.2 Å². The molecule has 4 N–H and O–H groups in total. The number of para-hydroxylation sites is 1. The van der Waals surface area contributed by atoms with Gasteiger partial charge < -0.3 is 15.9 Å². The van der Waals surface area contributed by atoms with Crippen LogP contribution in [0.4, 0.5) is 5.82 Å². The van der Waals surface area contributed by atoms with Crippen molar-refractivity contribution >= 4 is 46.6 Å². The predicted molar refractivity (Wildman–Crippen MR) is 122 cm³/mol. The van der Waals surface area contributed by atoms with E-state index in [1.807, 2.05) is 48.5 Å². The normalized spacial score (nSPS) is 11.8. The van der Waals surface area contributed by atoms with Gasteiger partial charge in [0.15, 0.2) is 0 Å². The van der Waals surface area contributed by atoms with Crippen LogP contribution in [0.25, 0.3) is 33.2 Å². The van der Waals surface area contributed by atoms with E-state index in [1.165, 1.54) is 11.8 Å². The number of nitrogens with zero attached hydrogens (tertiary/aromatic N) is 2. The SMILES string of the molecule is CN=C/C(S)=C\N.Cc1ccccc1-c1cc2oc3ccccc3c2c(N)n1. The fraction of sp³-hybridized carbons (Fsp3) is 0.0909. The minimum Gasteiger partial charge on any atom is -0.456 e. The molecule has 2 aromatic heterocycles. The van der Waals surface area contributed by atoms with Crippen LogP contribution in [0, 0.1) is 6.92 Å². The second kappa shape index (κ2) is 8.63. The minimum atomic E-state index is 0.510. The van der Waals surface area contributed by atoms with Crippen LogP contribution < -0.4 is 11.5 Å². The number of allylic oxidation sites excluding steroid dienone is 1. The number of fused-ring (bicyclic) bond motifs is 3. The van der Waals surface area contributed by atoms with Crippen molar-refractivity contribution in [3.63, 3.8) is 0 Å². The molecule has 4 rings (SSSR count). The fourth-order valence-electron chi connectivity index (χ4n) is 2.95.